The van der Waals surface area contributed by atoms with Crippen molar-refractivity contribution < 1.29 is 0 Å². The molecule has 1 heterocycles. The van der Waals surface area contributed by atoms with E-state index in [1.807, 2.05) is 11.3 Å². The van der Waals surface area contributed by atoms with Crippen LogP contribution in [-0.4, -0.2) is 0 Å². The summed E-state index contributed by atoms with van der Waals surface area (Å²) in [5.41, 5.74) is 10.8. The number of thiophene rings is 1. The van der Waals surface area contributed by atoms with Crippen LogP contribution >= 0.6 is 11.3 Å². The van der Waals surface area contributed by atoms with Crippen LogP contribution in [0.2, 0.25) is 0 Å². The Bertz CT molecular complexity index is 2330. The SMILES string of the molecule is c1ccc(-c2cccc3sc4cc(N(c5ccc(C6CC7CCC6C7)cc5)c5ccc(C6(c7ccccc7)CCCCCCC6)cc5)ccc4c23)cc1. The fourth-order valence-electron chi connectivity index (χ4n) is 10.7. The summed E-state index contributed by atoms with van der Waals surface area (Å²) in [4.78, 5) is 2.50. The highest BCUT2D eigenvalue weighted by Crippen LogP contribution is 2.53. The average molecular weight is 708 g/mol. The van der Waals surface area contributed by atoms with Gasteiger partial charge in [-0.1, -0.05) is 142 Å². The molecular formula is C51H49NS. The Morgan fingerprint density at radius 2 is 1.19 bits per heavy atom. The Balaban J connectivity index is 1.07. The van der Waals surface area contributed by atoms with Gasteiger partial charge < -0.3 is 4.90 Å². The second kappa shape index (κ2) is 14.0. The maximum absolute atomic E-state index is 2.50. The Hall–Kier alpha value is -4.66. The molecule has 3 aliphatic carbocycles. The van der Waals surface area contributed by atoms with E-state index in [9.17, 15) is 0 Å². The Morgan fingerprint density at radius 3 is 1.89 bits per heavy atom. The van der Waals surface area contributed by atoms with Gasteiger partial charge in [0.25, 0.3) is 0 Å². The van der Waals surface area contributed by atoms with Crippen LogP contribution in [0.4, 0.5) is 17.1 Å². The molecule has 264 valence electrons. The van der Waals surface area contributed by atoms with Gasteiger partial charge in [-0.15, -0.1) is 11.3 Å². The molecule has 0 aliphatic heterocycles. The second-order valence-electron chi connectivity index (χ2n) is 16.3. The van der Waals surface area contributed by atoms with Crippen molar-refractivity contribution in [2.75, 3.05) is 4.90 Å². The zero-order chi connectivity index (χ0) is 35.2. The molecule has 6 aromatic carbocycles. The lowest BCUT2D eigenvalue weighted by atomic mass is 9.67. The normalized spacial score (nSPS) is 21.1. The number of benzene rings is 6. The largest absolute Gasteiger partial charge is 0.310 e. The van der Waals surface area contributed by atoms with E-state index in [-0.39, 0.29) is 5.41 Å². The maximum atomic E-state index is 2.50. The molecule has 0 radical (unpaired) electrons. The molecule has 3 unspecified atom stereocenters. The topological polar surface area (TPSA) is 3.24 Å². The van der Waals surface area contributed by atoms with Gasteiger partial charge in [-0.25, -0.2) is 0 Å². The van der Waals surface area contributed by atoms with Crippen LogP contribution in [0.3, 0.4) is 0 Å². The lowest BCUT2D eigenvalue weighted by Gasteiger charge is -2.37. The van der Waals surface area contributed by atoms with E-state index < -0.39 is 0 Å². The van der Waals surface area contributed by atoms with Crippen molar-refractivity contribution in [2.45, 2.75) is 82.0 Å². The quantitative estimate of drug-likeness (QED) is 0.159. The standard InChI is InChI=1S/C51H49NS/c1-2-10-31-51(32-11-3-1,40-15-8-5-9-16-40)41-23-27-43(28-24-41)52(42-25-21-38(22-26-42)47-34-36-19-20-39(47)33-36)44-29-30-46-49(35-44)53-48-18-12-17-45(50(46)48)37-13-6-4-7-14-37/h4-9,12-18,21-30,35-36,39,47H,1-3,10-11,19-20,31-34H2. The number of hydrogen-bond donors (Lipinski definition) is 0. The third-order valence-electron chi connectivity index (χ3n) is 13.4. The second-order valence-corrected chi connectivity index (χ2v) is 17.4. The number of rotatable bonds is 7. The highest BCUT2D eigenvalue weighted by atomic mass is 32.1. The first-order chi connectivity index (χ1) is 26.2. The van der Waals surface area contributed by atoms with E-state index in [1.54, 1.807) is 5.56 Å². The minimum atomic E-state index is 0.0692. The summed E-state index contributed by atoms with van der Waals surface area (Å²) < 4.78 is 2.67. The highest BCUT2D eigenvalue weighted by molar-refractivity contribution is 7.26. The van der Waals surface area contributed by atoms with Crippen molar-refractivity contribution in [1.29, 1.82) is 0 Å². The third kappa shape index (κ3) is 6.00. The van der Waals surface area contributed by atoms with Gasteiger partial charge in [-0.05, 0) is 120 Å². The minimum absolute atomic E-state index is 0.0692. The van der Waals surface area contributed by atoms with E-state index in [1.165, 1.54) is 130 Å². The van der Waals surface area contributed by atoms with Gasteiger partial charge in [0.2, 0.25) is 0 Å². The molecule has 0 spiro atoms. The van der Waals surface area contributed by atoms with Gasteiger partial charge in [0.1, 0.15) is 0 Å². The molecule has 53 heavy (non-hydrogen) atoms. The van der Waals surface area contributed by atoms with Crippen molar-refractivity contribution in [1.82, 2.24) is 0 Å². The summed E-state index contributed by atoms with van der Waals surface area (Å²) in [5, 5.41) is 2.70. The van der Waals surface area contributed by atoms with Crippen molar-refractivity contribution in [3.05, 3.63) is 162 Å². The fourth-order valence-corrected chi connectivity index (χ4v) is 11.9. The lowest BCUT2D eigenvalue weighted by Crippen LogP contribution is -2.29. The zero-order valence-electron chi connectivity index (χ0n) is 30.7. The van der Waals surface area contributed by atoms with E-state index >= 15 is 0 Å². The molecule has 0 saturated heterocycles. The first kappa shape index (κ1) is 32.9. The van der Waals surface area contributed by atoms with Gasteiger partial charge in [0, 0.05) is 42.6 Å². The molecule has 2 heteroatoms. The predicted molar refractivity (Wildman–Crippen MR) is 227 cm³/mol. The van der Waals surface area contributed by atoms with E-state index in [0.29, 0.717) is 0 Å². The number of nitrogens with zero attached hydrogens (tertiary/aromatic N) is 1. The van der Waals surface area contributed by atoms with Crippen LogP contribution in [0.5, 0.6) is 0 Å². The number of hydrogen-bond acceptors (Lipinski definition) is 2. The average Bonchev–Trinajstić information content (AvgIpc) is 3.95. The van der Waals surface area contributed by atoms with E-state index in [4.69, 9.17) is 0 Å². The number of fused-ring (bicyclic) bond motifs is 5. The molecular weight excluding hydrogens is 659 g/mol. The molecule has 7 aromatic rings. The smallest absolute Gasteiger partial charge is 0.0476 e. The first-order valence-corrected chi connectivity index (χ1v) is 21.1. The molecule has 1 nitrogen and oxygen atoms in total. The number of anilines is 3. The van der Waals surface area contributed by atoms with Gasteiger partial charge in [0.05, 0.1) is 0 Å². The molecule has 3 saturated carbocycles. The summed E-state index contributed by atoms with van der Waals surface area (Å²) >= 11 is 1.91. The Labute approximate surface area is 319 Å². The summed E-state index contributed by atoms with van der Waals surface area (Å²) in [5.74, 6) is 2.57. The van der Waals surface area contributed by atoms with Crippen LogP contribution in [0.15, 0.2) is 146 Å². The van der Waals surface area contributed by atoms with Crippen LogP contribution in [0.25, 0.3) is 31.3 Å². The predicted octanol–water partition coefficient (Wildman–Crippen LogP) is 15.1. The molecule has 0 N–H and O–H groups in total. The zero-order valence-corrected chi connectivity index (χ0v) is 31.5. The van der Waals surface area contributed by atoms with E-state index in [0.717, 1.165) is 17.8 Å². The first-order valence-electron chi connectivity index (χ1n) is 20.3. The molecule has 1 aromatic heterocycles. The van der Waals surface area contributed by atoms with Crippen LogP contribution < -0.4 is 4.90 Å². The van der Waals surface area contributed by atoms with Gasteiger partial charge in [-0.3, -0.25) is 0 Å². The lowest BCUT2D eigenvalue weighted by molar-refractivity contribution is 0.366. The van der Waals surface area contributed by atoms with Crippen LogP contribution in [0.1, 0.15) is 93.2 Å². The van der Waals surface area contributed by atoms with Crippen LogP contribution in [0, 0.1) is 11.8 Å². The van der Waals surface area contributed by atoms with Crippen molar-refractivity contribution in [3.8, 4) is 11.1 Å². The van der Waals surface area contributed by atoms with Crippen LogP contribution in [-0.2, 0) is 5.41 Å². The Morgan fingerprint density at radius 1 is 0.528 bits per heavy atom. The molecule has 10 rings (SSSR count). The minimum Gasteiger partial charge on any atom is -0.310 e. The third-order valence-corrected chi connectivity index (χ3v) is 14.5. The Kier molecular flexibility index (Phi) is 8.68. The molecule has 3 fully saturated rings. The maximum Gasteiger partial charge on any atom is 0.0476 e. The molecule has 3 atom stereocenters. The monoisotopic (exact) mass is 707 g/mol. The van der Waals surface area contributed by atoms with Gasteiger partial charge in [0.15, 0.2) is 0 Å². The summed E-state index contributed by atoms with van der Waals surface area (Å²) in [7, 11) is 0. The molecule has 2 bridgehead atoms. The summed E-state index contributed by atoms with van der Waals surface area (Å²) in [6, 6.07) is 55.6. The van der Waals surface area contributed by atoms with Crippen molar-refractivity contribution >= 4 is 48.6 Å². The van der Waals surface area contributed by atoms with Gasteiger partial charge in [-0.2, -0.15) is 0 Å². The van der Waals surface area contributed by atoms with Crippen molar-refractivity contribution in [3.63, 3.8) is 0 Å². The van der Waals surface area contributed by atoms with Crippen molar-refractivity contribution in [2.24, 2.45) is 11.8 Å². The highest BCUT2D eigenvalue weighted by Gasteiger charge is 2.40. The fraction of sp³-hybridized carbons (Fsp3) is 0.294. The molecule has 0 amide bonds. The van der Waals surface area contributed by atoms with E-state index in [2.05, 4.69) is 150 Å². The van der Waals surface area contributed by atoms with Gasteiger partial charge >= 0.3 is 0 Å². The summed E-state index contributed by atoms with van der Waals surface area (Å²) in [6.07, 6.45) is 14.8. The molecule has 3 aliphatic rings. The summed E-state index contributed by atoms with van der Waals surface area (Å²) in [6.45, 7) is 0.